The Hall–Kier alpha value is -3.55. The van der Waals surface area contributed by atoms with Crippen molar-refractivity contribution in [3.05, 3.63) is 65.7 Å². The maximum atomic E-state index is 13.0. The van der Waals surface area contributed by atoms with E-state index >= 15 is 0 Å². The van der Waals surface area contributed by atoms with Crippen molar-refractivity contribution in [2.75, 3.05) is 20.2 Å². The molecule has 3 rings (SSSR count). The molecule has 8 nitrogen and oxygen atoms in total. The molecule has 1 fully saturated rings. The number of carbonyl (C=O) groups is 3. The zero-order valence-electron chi connectivity index (χ0n) is 19.2. The predicted molar refractivity (Wildman–Crippen MR) is 126 cm³/mol. The van der Waals surface area contributed by atoms with Gasteiger partial charge >= 0.3 is 6.03 Å². The normalized spacial score (nSPS) is 14.8. The molecular weight excluding hydrogens is 420 g/mol. The molecular formula is C25H32N4O4. The Balaban J connectivity index is 1.50. The van der Waals surface area contributed by atoms with E-state index in [0.29, 0.717) is 44.6 Å². The highest BCUT2D eigenvalue weighted by atomic mass is 16.5. The molecule has 1 atom stereocenters. The van der Waals surface area contributed by atoms with Gasteiger partial charge in [-0.15, -0.1) is 0 Å². The highest BCUT2D eigenvalue weighted by Gasteiger charge is 2.27. The third-order valence-electron chi connectivity index (χ3n) is 5.73. The molecule has 0 radical (unpaired) electrons. The Morgan fingerprint density at radius 2 is 1.70 bits per heavy atom. The summed E-state index contributed by atoms with van der Waals surface area (Å²) in [7, 11) is 1.58. The van der Waals surface area contributed by atoms with Crippen LogP contribution in [0.5, 0.6) is 5.75 Å². The van der Waals surface area contributed by atoms with Crippen LogP contribution in [0.4, 0.5) is 4.79 Å². The van der Waals surface area contributed by atoms with E-state index in [-0.39, 0.29) is 23.9 Å². The van der Waals surface area contributed by atoms with E-state index in [1.165, 1.54) is 6.92 Å². The van der Waals surface area contributed by atoms with E-state index in [1.807, 2.05) is 54.6 Å². The Bertz CT molecular complexity index is 942. The molecule has 0 spiro atoms. The van der Waals surface area contributed by atoms with Crippen LogP contribution in [0.3, 0.4) is 0 Å². The number of methoxy groups -OCH3 is 1. The molecule has 0 aliphatic carbocycles. The molecule has 3 N–H and O–H groups in total. The summed E-state index contributed by atoms with van der Waals surface area (Å²) in [4.78, 5) is 38.9. The van der Waals surface area contributed by atoms with Crippen molar-refractivity contribution < 1.29 is 19.1 Å². The Kier molecular flexibility index (Phi) is 8.69. The first-order chi connectivity index (χ1) is 16.0. The number of para-hydroxylation sites is 1. The smallest absolute Gasteiger partial charge is 0.317 e. The summed E-state index contributed by atoms with van der Waals surface area (Å²) in [5, 5.41) is 8.74. The summed E-state index contributed by atoms with van der Waals surface area (Å²) in [5.41, 5.74) is 1.89. The number of amides is 4. The monoisotopic (exact) mass is 452 g/mol. The van der Waals surface area contributed by atoms with Gasteiger partial charge in [0.15, 0.2) is 0 Å². The molecule has 1 aliphatic heterocycles. The highest BCUT2D eigenvalue weighted by molar-refractivity contribution is 5.87. The maximum absolute atomic E-state index is 13.0. The average molecular weight is 453 g/mol. The van der Waals surface area contributed by atoms with Crippen LogP contribution >= 0.6 is 0 Å². The molecule has 0 unspecified atom stereocenters. The number of urea groups is 1. The van der Waals surface area contributed by atoms with Gasteiger partial charge in [0.2, 0.25) is 11.8 Å². The third-order valence-corrected chi connectivity index (χ3v) is 5.73. The second kappa shape index (κ2) is 11.9. The van der Waals surface area contributed by atoms with Gasteiger partial charge < -0.3 is 25.6 Å². The number of likely N-dealkylation sites (tertiary alicyclic amines) is 1. The second-order valence-corrected chi connectivity index (χ2v) is 8.18. The fourth-order valence-electron chi connectivity index (χ4n) is 3.96. The van der Waals surface area contributed by atoms with Crippen molar-refractivity contribution >= 4 is 17.8 Å². The Morgan fingerprint density at radius 1 is 1.03 bits per heavy atom. The topological polar surface area (TPSA) is 99.8 Å². The first-order valence-electron chi connectivity index (χ1n) is 11.2. The summed E-state index contributed by atoms with van der Waals surface area (Å²) >= 11 is 0. The minimum Gasteiger partial charge on any atom is -0.496 e. The van der Waals surface area contributed by atoms with Crippen LogP contribution in [0.2, 0.25) is 0 Å². The van der Waals surface area contributed by atoms with Crippen LogP contribution < -0.4 is 20.7 Å². The van der Waals surface area contributed by atoms with E-state index in [2.05, 4.69) is 16.0 Å². The van der Waals surface area contributed by atoms with Crippen LogP contribution in [0, 0.1) is 0 Å². The largest absolute Gasteiger partial charge is 0.496 e. The number of nitrogens with zero attached hydrogens (tertiary/aromatic N) is 1. The van der Waals surface area contributed by atoms with E-state index < -0.39 is 6.04 Å². The quantitative estimate of drug-likeness (QED) is 0.572. The number of nitrogens with one attached hydrogen (secondary N) is 3. The maximum Gasteiger partial charge on any atom is 0.317 e. The summed E-state index contributed by atoms with van der Waals surface area (Å²) in [6.07, 6.45) is 1.65. The molecule has 33 heavy (non-hydrogen) atoms. The highest BCUT2D eigenvalue weighted by Crippen LogP contribution is 2.19. The molecule has 2 aromatic carbocycles. The number of hydrogen-bond donors (Lipinski definition) is 3. The van der Waals surface area contributed by atoms with Gasteiger partial charge in [-0.2, -0.15) is 0 Å². The fraction of sp³-hybridized carbons (Fsp3) is 0.400. The predicted octanol–water partition coefficient (Wildman–Crippen LogP) is 2.23. The van der Waals surface area contributed by atoms with Crippen LogP contribution in [0.1, 0.15) is 30.9 Å². The average Bonchev–Trinajstić information content (AvgIpc) is 2.83. The van der Waals surface area contributed by atoms with E-state index in [1.54, 1.807) is 12.0 Å². The molecule has 2 aromatic rings. The molecule has 0 saturated carbocycles. The van der Waals surface area contributed by atoms with Gasteiger partial charge in [-0.3, -0.25) is 9.59 Å². The molecule has 8 heteroatoms. The van der Waals surface area contributed by atoms with Gasteiger partial charge in [0, 0.05) is 39.0 Å². The Labute approximate surface area is 194 Å². The van der Waals surface area contributed by atoms with Crippen molar-refractivity contribution in [2.24, 2.45) is 0 Å². The lowest BCUT2D eigenvalue weighted by atomic mass is 10.0. The number of carbonyl (C=O) groups excluding carboxylic acids is 3. The lowest BCUT2D eigenvalue weighted by Crippen LogP contribution is -2.54. The molecule has 4 amide bonds. The fourth-order valence-corrected chi connectivity index (χ4v) is 3.96. The number of benzene rings is 2. The van der Waals surface area contributed by atoms with Crippen LogP contribution in [0.25, 0.3) is 0 Å². The van der Waals surface area contributed by atoms with Crippen molar-refractivity contribution in [3.63, 3.8) is 0 Å². The SMILES string of the molecule is COc1ccccc1C[C@H](NC(C)=O)C(=O)NC1CCN(C(=O)NCc2ccccc2)CC1. The number of piperidine rings is 1. The van der Waals surface area contributed by atoms with Gasteiger partial charge in [0.1, 0.15) is 11.8 Å². The van der Waals surface area contributed by atoms with E-state index in [9.17, 15) is 14.4 Å². The number of ether oxygens (including phenoxy) is 1. The summed E-state index contributed by atoms with van der Waals surface area (Å²) in [5.74, 6) is 0.175. The van der Waals surface area contributed by atoms with Crippen LogP contribution in [-0.2, 0) is 22.6 Å². The van der Waals surface area contributed by atoms with Gasteiger partial charge in [-0.1, -0.05) is 48.5 Å². The first-order valence-corrected chi connectivity index (χ1v) is 11.2. The summed E-state index contributed by atoms with van der Waals surface area (Å²) in [6.45, 7) is 3.00. The molecule has 1 aliphatic rings. The molecule has 0 bridgehead atoms. The lowest BCUT2D eigenvalue weighted by Gasteiger charge is -2.33. The number of hydrogen-bond acceptors (Lipinski definition) is 4. The summed E-state index contributed by atoms with van der Waals surface area (Å²) < 4.78 is 5.38. The van der Waals surface area contributed by atoms with E-state index in [0.717, 1.165) is 11.1 Å². The zero-order chi connectivity index (χ0) is 23.6. The summed E-state index contributed by atoms with van der Waals surface area (Å²) in [6, 6.07) is 16.4. The van der Waals surface area contributed by atoms with Crippen molar-refractivity contribution in [1.29, 1.82) is 0 Å². The van der Waals surface area contributed by atoms with Gasteiger partial charge in [-0.25, -0.2) is 4.79 Å². The van der Waals surface area contributed by atoms with Crippen molar-refractivity contribution in [3.8, 4) is 5.75 Å². The van der Waals surface area contributed by atoms with Gasteiger partial charge in [0.25, 0.3) is 0 Å². The molecule has 176 valence electrons. The molecule has 0 aromatic heterocycles. The minimum absolute atomic E-state index is 0.0513. The standard InChI is InChI=1S/C25H32N4O4/c1-18(30)27-22(16-20-10-6-7-11-23(20)33-2)24(31)28-21-12-14-29(15-13-21)25(32)26-17-19-8-4-3-5-9-19/h3-11,21-22H,12-17H2,1-2H3,(H,26,32)(H,27,30)(H,28,31)/t22-/m0/s1. The van der Waals surface area contributed by atoms with E-state index in [4.69, 9.17) is 4.74 Å². The van der Waals surface area contributed by atoms with Crippen LogP contribution in [-0.4, -0.2) is 55.0 Å². The van der Waals surface area contributed by atoms with Gasteiger partial charge in [-0.05, 0) is 30.0 Å². The molecule has 1 heterocycles. The minimum atomic E-state index is -0.703. The van der Waals surface area contributed by atoms with Crippen molar-refractivity contribution in [2.45, 2.75) is 44.8 Å². The second-order valence-electron chi connectivity index (χ2n) is 8.18. The van der Waals surface area contributed by atoms with Crippen LogP contribution in [0.15, 0.2) is 54.6 Å². The van der Waals surface area contributed by atoms with Crippen molar-refractivity contribution in [1.82, 2.24) is 20.9 Å². The third kappa shape index (κ3) is 7.24. The lowest BCUT2D eigenvalue weighted by molar-refractivity contribution is -0.128. The first kappa shape index (κ1) is 24.1. The van der Waals surface area contributed by atoms with Gasteiger partial charge in [0.05, 0.1) is 7.11 Å². The number of rotatable bonds is 8. The molecule has 1 saturated heterocycles. The zero-order valence-corrected chi connectivity index (χ0v) is 19.2. The Morgan fingerprint density at radius 3 is 2.36 bits per heavy atom.